The quantitative estimate of drug-likeness (QED) is 0.583. The number of carbonyl (C=O) groups is 1. The zero-order valence-electron chi connectivity index (χ0n) is 16.9. The second-order valence-corrected chi connectivity index (χ2v) is 7.92. The normalized spacial score (nSPS) is 17.5. The van der Waals surface area contributed by atoms with E-state index >= 15 is 0 Å². The summed E-state index contributed by atoms with van der Waals surface area (Å²) in [5.41, 5.74) is 6.57. The summed E-state index contributed by atoms with van der Waals surface area (Å²) >= 11 is 0. The lowest BCUT2D eigenvalue weighted by atomic mass is 10.00. The summed E-state index contributed by atoms with van der Waals surface area (Å²) in [6.45, 7) is 3.39. The van der Waals surface area contributed by atoms with Crippen LogP contribution in [0.1, 0.15) is 29.5 Å². The highest BCUT2D eigenvalue weighted by Crippen LogP contribution is 2.37. The van der Waals surface area contributed by atoms with Crippen molar-refractivity contribution in [1.82, 2.24) is 4.90 Å². The van der Waals surface area contributed by atoms with Crippen LogP contribution in [0.3, 0.4) is 0 Å². The minimum absolute atomic E-state index is 0.0757. The van der Waals surface area contributed by atoms with Crippen LogP contribution in [0.5, 0.6) is 0 Å². The van der Waals surface area contributed by atoms with Crippen LogP contribution in [0.15, 0.2) is 78.9 Å². The maximum atomic E-state index is 12.9. The number of amides is 1. The molecule has 30 heavy (non-hydrogen) atoms. The van der Waals surface area contributed by atoms with Gasteiger partial charge in [-0.25, -0.2) is 0 Å². The van der Waals surface area contributed by atoms with Crippen molar-refractivity contribution in [3.63, 3.8) is 0 Å². The molecule has 0 bridgehead atoms. The van der Waals surface area contributed by atoms with Gasteiger partial charge in [0.15, 0.2) is 0 Å². The first-order valence-corrected chi connectivity index (χ1v) is 10.6. The molecule has 0 aromatic heterocycles. The van der Waals surface area contributed by atoms with E-state index in [9.17, 15) is 4.79 Å². The zero-order valence-corrected chi connectivity index (χ0v) is 16.9. The fourth-order valence-electron chi connectivity index (χ4n) is 4.29. The molecule has 0 atom stereocenters. The van der Waals surface area contributed by atoms with Crippen molar-refractivity contribution in [1.29, 1.82) is 0 Å². The van der Waals surface area contributed by atoms with Crippen LogP contribution in [0.25, 0.3) is 11.3 Å². The van der Waals surface area contributed by atoms with Crippen LogP contribution >= 0.6 is 0 Å². The van der Waals surface area contributed by atoms with Gasteiger partial charge in [-0.1, -0.05) is 60.7 Å². The lowest BCUT2D eigenvalue weighted by molar-refractivity contribution is -0.110. The Morgan fingerprint density at radius 2 is 1.57 bits per heavy atom. The van der Waals surface area contributed by atoms with Crippen molar-refractivity contribution in [2.45, 2.75) is 19.4 Å². The Morgan fingerprint density at radius 3 is 2.33 bits per heavy atom. The lowest BCUT2D eigenvalue weighted by Gasteiger charge is -2.17. The molecule has 5 rings (SSSR count). The highest BCUT2D eigenvalue weighted by Gasteiger charge is 2.28. The van der Waals surface area contributed by atoms with Crippen molar-refractivity contribution in [2.24, 2.45) is 0 Å². The molecule has 0 aliphatic carbocycles. The average Bonchev–Trinajstić information content (AvgIpc) is 3.41. The van der Waals surface area contributed by atoms with Gasteiger partial charge in [0.2, 0.25) is 0 Å². The van der Waals surface area contributed by atoms with Crippen molar-refractivity contribution in [3.8, 4) is 0 Å². The SMILES string of the molecule is O=C1Nc2ccccc2C1=C(Nc1ccc(CN2CCCC2)cc1)c1ccccc1. The molecule has 0 spiro atoms. The largest absolute Gasteiger partial charge is 0.354 e. The summed E-state index contributed by atoms with van der Waals surface area (Å²) < 4.78 is 0. The van der Waals surface area contributed by atoms with Crippen molar-refractivity contribution in [3.05, 3.63) is 95.6 Å². The number of nitrogens with zero attached hydrogens (tertiary/aromatic N) is 1. The Kier molecular flexibility index (Phi) is 5.08. The number of fused-ring (bicyclic) bond motifs is 1. The van der Waals surface area contributed by atoms with Gasteiger partial charge in [-0.2, -0.15) is 0 Å². The third-order valence-corrected chi connectivity index (χ3v) is 5.81. The van der Waals surface area contributed by atoms with E-state index < -0.39 is 0 Å². The number of carbonyl (C=O) groups excluding carboxylic acids is 1. The molecule has 4 heteroatoms. The Hall–Kier alpha value is -3.37. The minimum Gasteiger partial charge on any atom is -0.354 e. The maximum absolute atomic E-state index is 12.9. The molecular formula is C26H25N3O. The van der Waals surface area contributed by atoms with E-state index in [1.807, 2.05) is 54.6 Å². The number of rotatable bonds is 5. The number of benzene rings is 3. The molecule has 0 saturated carbocycles. The minimum atomic E-state index is -0.0757. The number of anilines is 2. The number of para-hydroxylation sites is 1. The Bertz CT molecular complexity index is 1080. The van der Waals surface area contributed by atoms with Gasteiger partial charge in [0.05, 0.1) is 11.3 Å². The highest BCUT2D eigenvalue weighted by molar-refractivity contribution is 6.37. The second-order valence-electron chi connectivity index (χ2n) is 7.92. The van der Waals surface area contributed by atoms with Gasteiger partial charge >= 0.3 is 0 Å². The predicted octanol–water partition coefficient (Wildman–Crippen LogP) is 5.21. The molecule has 4 nitrogen and oxygen atoms in total. The molecule has 3 aromatic rings. The molecule has 2 heterocycles. The number of hydrogen-bond acceptors (Lipinski definition) is 3. The van der Waals surface area contributed by atoms with Crippen LogP contribution in [-0.2, 0) is 11.3 Å². The molecule has 1 saturated heterocycles. The van der Waals surface area contributed by atoms with E-state index in [0.29, 0.717) is 5.57 Å². The van der Waals surface area contributed by atoms with Crippen molar-refractivity contribution < 1.29 is 4.79 Å². The second kappa shape index (κ2) is 8.17. The van der Waals surface area contributed by atoms with Crippen molar-refractivity contribution in [2.75, 3.05) is 23.7 Å². The number of nitrogens with one attached hydrogen (secondary N) is 2. The summed E-state index contributed by atoms with van der Waals surface area (Å²) in [6.07, 6.45) is 2.61. The molecule has 2 aliphatic heterocycles. The standard InChI is InChI=1S/C26H25N3O/c30-26-24(22-10-4-5-11-23(22)28-26)25(20-8-2-1-3-9-20)27-21-14-12-19(13-15-21)18-29-16-6-7-17-29/h1-5,8-15,27H,6-7,16-18H2,(H,28,30). The first kappa shape index (κ1) is 18.6. The summed E-state index contributed by atoms with van der Waals surface area (Å²) in [7, 11) is 0. The van der Waals surface area contributed by atoms with Gasteiger partial charge in [-0.05, 0) is 55.3 Å². The van der Waals surface area contributed by atoms with Gasteiger partial charge in [0.1, 0.15) is 0 Å². The van der Waals surface area contributed by atoms with E-state index in [4.69, 9.17) is 0 Å². The first-order valence-electron chi connectivity index (χ1n) is 10.6. The van der Waals surface area contributed by atoms with Crippen LogP contribution in [0.2, 0.25) is 0 Å². The van der Waals surface area contributed by atoms with E-state index in [1.54, 1.807) is 0 Å². The van der Waals surface area contributed by atoms with E-state index in [1.165, 1.54) is 31.5 Å². The number of likely N-dealkylation sites (tertiary alicyclic amines) is 1. The fraction of sp³-hybridized carbons (Fsp3) is 0.192. The zero-order chi connectivity index (χ0) is 20.3. The molecule has 1 amide bonds. The molecule has 2 N–H and O–H groups in total. The molecule has 150 valence electrons. The van der Waals surface area contributed by atoms with Crippen LogP contribution in [0, 0.1) is 0 Å². The molecule has 1 fully saturated rings. The summed E-state index contributed by atoms with van der Waals surface area (Å²) in [4.78, 5) is 15.4. The molecule has 0 radical (unpaired) electrons. The topological polar surface area (TPSA) is 44.4 Å². The highest BCUT2D eigenvalue weighted by atomic mass is 16.2. The number of hydrogen-bond donors (Lipinski definition) is 2. The summed E-state index contributed by atoms with van der Waals surface area (Å²) in [5, 5.41) is 6.53. The van der Waals surface area contributed by atoms with Crippen LogP contribution in [0.4, 0.5) is 11.4 Å². The predicted molar refractivity (Wildman–Crippen MR) is 123 cm³/mol. The molecule has 0 unspecified atom stereocenters. The van der Waals surface area contributed by atoms with Gasteiger partial charge < -0.3 is 10.6 Å². The summed E-state index contributed by atoms with van der Waals surface area (Å²) in [5.74, 6) is -0.0757. The smallest absolute Gasteiger partial charge is 0.258 e. The monoisotopic (exact) mass is 395 g/mol. The lowest BCUT2D eigenvalue weighted by Crippen LogP contribution is -2.18. The molecule has 2 aliphatic rings. The average molecular weight is 396 g/mol. The Labute approximate surface area is 177 Å². The van der Waals surface area contributed by atoms with Crippen LogP contribution in [-0.4, -0.2) is 23.9 Å². The maximum Gasteiger partial charge on any atom is 0.258 e. The molecule has 3 aromatic carbocycles. The van der Waals surface area contributed by atoms with Crippen LogP contribution < -0.4 is 10.6 Å². The fourth-order valence-corrected chi connectivity index (χ4v) is 4.29. The molecular weight excluding hydrogens is 370 g/mol. The van der Waals surface area contributed by atoms with Crippen molar-refractivity contribution >= 4 is 28.6 Å². The van der Waals surface area contributed by atoms with Gasteiger partial charge in [-0.15, -0.1) is 0 Å². The van der Waals surface area contributed by atoms with E-state index in [-0.39, 0.29) is 5.91 Å². The Morgan fingerprint density at radius 1 is 0.867 bits per heavy atom. The van der Waals surface area contributed by atoms with E-state index in [0.717, 1.165) is 34.7 Å². The summed E-state index contributed by atoms with van der Waals surface area (Å²) in [6, 6.07) is 26.5. The Balaban J connectivity index is 1.49. The van der Waals surface area contributed by atoms with Gasteiger partial charge in [0.25, 0.3) is 5.91 Å². The van der Waals surface area contributed by atoms with E-state index in [2.05, 4.69) is 39.8 Å². The van der Waals surface area contributed by atoms with Gasteiger partial charge in [-0.3, -0.25) is 9.69 Å². The third kappa shape index (κ3) is 3.74. The third-order valence-electron chi connectivity index (χ3n) is 5.81. The first-order chi connectivity index (χ1) is 14.8. The van der Waals surface area contributed by atoms with Gasteiger partial charge in [0, 0.05) is 23.5 Å².